The number of halogens is 1. The largest absolute Gasteiger partial charge is 0.491 e. The Morgan fingerprint density at radius 3 is 2.79 bits per heavy atom. The number of benzene rings is 1. The first-order chi connectivity index (χ1) is 6.69. The zero-order chi connectivity index (χ0) is 10.6. The number of aldehydes is 1. The fourth-order valence-corrected chi connectivity index (χ4v) is 1.35. The van der Waals surface area contributed by atoms with Crippen LogP contribution in [0.1, 0.15) is 18.1 Å². The second-order valence-electron chi connectivity index (χ2n) is 3.04. The Kier molecular flexibility index (Phi) is 3.63. The van der Waals surface area contributed by atoms with Crippen LogP contribution in [0, 0.1) is 12.7 Å². The molecule has 0 aliphatic rings. The van der Waals surface area contributed by atoms with Gasteiger partial charge in [-0.05, 0) is 25.5 Å². The number of ether oxygens (including phenoxy) is 1. The van der Waals surface area contributed by atoms with Crippen molar-refractivity contribution in [2.75, 3.05) is 6.61 Å². The van der Waals surface area contributed by atoms with Crippen LogP contribution in [0.4, 0.5) is 4.39 Å². The SMILES string of the molecule is CCOc1c(F)cc(C)cc1CC=O. The Bertz CT molecular complexity index is 334. The van der Waals surface area contributed by atoms with Gasteiger partial charge in [-0.2, -0.15) is 0 Å². The van der Waals surface area contributed by atoms with E-state index in [-0.39, 0.29) is 12.2 Å². The van der Waals surface area contributed by atoms with E-state index in [1.807, 2.05) is 0 Å². The molecule has 76 valence electrons. The minimum atomic E-state index is -0.399. The zero-order valence-corrected chi connectivity index (χ0v) is 8.34. The molecule has 3 heteroatoms. The molecule has 0 spiro atoms. The molecule has 0 N–H and O–H groups in total. The molecule has 1 aromatic carbocycles. The summed E-state index contributed by atoms with van der Waals surface area (Å²) < 4.78 is 18.5. The minimum Gasteiger partial charge on any atom is -0.491 e. The molecule has 1 aromatic rings. The smallest absolute Gasteiger partial charge is 0.165 e. The van der Waals surface area contributed by atoms with Gasteiger partial charge in [0.25, 0.3) is 0 Å². The lowest BCUT2D eigenvalue weighted by molar-refractivity contribution is -0.107. The molecule has 0 amide bonds. The van der Waals surface area contributed by atoms with Gasteiger partial charge in [0.15, 0.2) is 11.6 Å². The third-order valence-electron chi connectivity index (χ3n) is 1.86. The third-order valence-corrected chi connectivity index (χ3v) is 1.86. The van der Waals surface area contributed by atoms with Crippen molar-refractivity contribution in [3.05, 3.63) is 29.1 Å². The Hall–Kier alpha value is -1.38. The summed E-state index contributed by atoms with van der Waals surface area (Å²) in [5.41, 5.74) is 1.40. The standard InChI is InChI=1S/C11H13FO2/c1-3-14-11-9(4-5-13)6-8(2)7-10(11)12/h5-7H,3-4H2,1-2H3. The maximum Gasteiger partial charge on any atom is 0.165 e. The maximum absolute atomic E-state index is 13.4. The zero-order valence-electron chi connectivity index (χ0n) is 8.34. The fraction of sp³-hybridized carbons (Fsp3) is 0.364. The van der Waals surface area contributed by atoms with Crippen molar-refractivity contribution in [1.29, 1.82) is 0 Å². The molecule has 0 aromatic heterocycles. The Morgan fingerprint density at radius 2 is 2.21 bits per heavy atom. The molecule has 0 fully saturated rings. The molecule has 0 saturated carbocycles. The minimum absolute atomic E-state index is 0.188. The van der Waals surface area contributed by atoms with Crippen LogP contribution in [0.3, 0.4) is 0 Å². The van der Waals surface area contributed by atoms with Crippen molar-refractivity contribution in [2.45, 2.75) is 20.3 Å². The van der Waals surface area contributed by atoms with Crippen molar-refractivity contribution in [1.82, 2.24) is 0 Å². The Balaban J connectivity index is 3.13. The van der Waals surface area contributed by atoms with E-state index in [0.717, 1.165) is 11.8 Å². The summed E-state index contributed by atoms with van der Waals surface area (Å²) in [6.45, 7) is 3.96. The number of carbonyl (C=O) groups is 1. The molecule has 0 bridgehead atoms. The van der Waals surface area contributed by atoms with Gasteiger partial charge in [0.2, 0.25) is 0 Å². The first-order valence-electron chi connectivity index (χ1n) is 4.54. The van der Waals surface area contributed by atoms with E-state index >= 15 is 0 Å². The number of rotatable bonds is 4. The van der Waals surface area contributed by atoms with Gasteiger partial charge in [-0.25, -0.2) is 4.39 Å². The summed E-state index contributed by atoms with van der Waals surface area (Å²) in [6, 6.07) is 3.17. The van der Waals surface area contributed by atoms with Crippen molar-refractivity contribution >= 4 is 6.29 Å². The summed E-state index contributed by atoms with van der Waals surface area (Å²) in [6.07, 6.45) is 0.935. The van der Waals surface area contributed by atoms with Crippen molar-refractivity contribution in [3.63, 3.8) is 0 Å². The average Bonchev–Trinajstić information content (AvgIpc) is 2.11. The molecule has 0 radical (unpaired) electrons. The van der Waals surface area contributed by atoms with Crippen LogP contribution in [0.5, 0.6) is 5.75 Å². The molecule has 0 atom stereocenters. The highest BCUT2D eigenvalue weighted by Crippen LogP contribution is 2.24. The first kappa shape index (κ1) is 10.7. The first-order valence-corrected chi connectivity index (χ1v) is 4.54. The molecule has 2 nitrogen and oxygen atoms in total. The maximum atomic E-state index is 13.4. The van der Waals surface area contributed by atoms with Gasteiger partial charge in [0.1, 0.15) is 6.29 Å². The highest BCUT2D eigenvalue weighted by atomic mass is 19.1. The van der Waals surface area contributed by atoms with E-state index in [0.29, 0.717) is 12.2 Å². The van der Waals surface area contributed by atoms with Crippen LogP contribution < -0.4 is 4.74 Å². The third kappa shape index (κ3) is 2.31. The van der Waals surface area contributed by atoms with Crippen LogP contribution in [0.15, 0.2) is 12.1 Å². The number of hydrogen-bond donors (Lipinski definition) is 0. The topological polar surface area (TPSA) is 26.3 Å². The van der Waals surface area contributed by atoms with Gasteiger partial charge < -0.3 is 9.53 Å². The molecular formula is C11H13FO2. The van der Waals surface area contributed by atoms with E-state index in [1.165, 1.54) is 6.07 Å². The van der Waals surface area contributed by atoms with E-state index in [2.05, 4.69) is 0 Å². The normalized spacial score (nSPS) is 9.93. The molecule has 0 heterocycles. The highest BCUT2D eigenvalue weighted by molar-refractivity contribution is 5.58. The predicted molar refractivity (Wildman–Crippen MR) is 52.1 cm³/mol. The van der Waals surface area contributed by atoms with Crippen molar-refractivity contribution in [2.24, 2.45) is 0 Å². The lowest BCUT2D eigenvalue weighted by atomic mass is 10.1. The summed E-state index contributed by atoms with van der Waals surface area (Å²) >= 11 is 0. The summed E-state index contributed by atoms with van der Waals surface area (Å²) in [5.74, 6) is -0.200. The van der Waals surface area contributed by atoms with Crippen LogP contribution in [-0.4, -0.2) is 12.9 Å². The second kappa shape index (κ2) is 4.74. The van der Waals surface area contributed by atoms with Crippen LogP contribution in [0.25, 0.3) is 0 Å². The van der Waals surface area contributed by atoms with Gasteiger partial charge in [-0.1, -0.05) is 6.07 Å². The molecule has 0 saturated heterocycles. The van der Waals surface area contributed by atoms with E-state index in [1.54, 1.807) is 19.9 Å². The van der Waals surface area contributed by atoms with Gasteiger partial charge in [0.05, 0.1) is 6.61 Å². The van der Waals surface area contributed by atoms with Crippen LogP contribution >= 0.6 is 0 Å². The Morgan fingerprint density at radius 1 is 1.50 bits per heavy atom. The van der Waals surface area contributed by atoms with Crippen LogP contribution in [0.2, 0.25) is 0 Å². The lowest BCUT2D eigenvalue weighted by Crippen LogP contribution is -2.01. The molecular weight excluding hydrogens is 183 g/mol. The van der Waals surface area contributed by atoms with Gasteiger partial charge in [-0.15, -0.1) is 0 Å². The fourth-order valence-electron chi connectivity index (χ4n) is 1.35. The molecule has 0 unspecified atom stereocenters. The van der Waals surface area contributed by atoms with Gasteiger partial charge >= 0.3 is 0 Å². The predicted octanol–water partition coefficient (Wildman–Crippen LogP) is 2.27. The monoisotopic (exact) mass is 196 g/mol. The average molecular weight is 196 g/mol. The highest BCUT2D eigenvalue weighted by Gasteiger charge is 2.10. The number of hydrogen-bond acceptors (Lipinski definition) is 2. The van der Waals surface area contributed by atoms with Crippen molar-refractivity contribution < 1.29 is 13.9 Å². The molecule has 0 aliphatic carbocycles. The Labute approximate surface area is 82.7 Å². The van der Waals surface area contributed by atoms with Crippen molar-refractivity contribution in [3.8, 4) is 5.75 Å². The summed E-state index contributed by atoms with van der Waals surface area (Å²) in [7, 11) is 0. The second-order valence-corrected chi connectivity index (χ2v) is 3.04. The quantitative estimate of drug-likeness (QED) is 0.690. The molecule has 0 aliphatic heterocycles. The van der Waals surface area contributed by atoms with Gasteiger partial charge in [0, 0.05) is 12.0 Å². The van der Waals surface area contributed by atoms with E-state index in [4.69, 9.17) is 4.74 Å². The molecule has 1 rings (SSSR count). The molecule has 14 heavy (non-hydrogen) atoms. The summed E-state index contributed by atoms with van der Waals surface area (Å²) in [5, 5.41) is 0. The van der Waals surface area contributed by atoms with Crippen LogP contribution in [-0.2, 0) is 11.2 Å². The number of aryl methyl sites for hydroxylation is 1. The lowest BCUT2D eigenvalue weighted by Gasteiger charge is -2.10. The summed E-state index contributed by atoms with van der Waals surface area (Å²) in [4.78, 5) is 10.4. The van der Waals surface area contributed by atoms with E-state index in [9.17, 15) is 9.18 Å². The van der Waals surface area contributed by atoms with Gasteiger partial charge in [-0.3, -0.25) is 0 Å². The van der Waals surface area contributed by atoms with E-state index < -0.39 is 5.82 Å². The number of carbonyl (C=O) groups excluding carboxylic acids is 1.